The van der Waals surface area contributed by atoms with Crippen molar-refractivity contribution < 1.29 is 0 Å². The number of hydrogen-bond acceptors (Lipinski definition) is 3. The van der Waals surface area contributed by atoms with Gasteiger partial charge in [0.25, 0.3) is 5.56 Å². The zero-order valence-electron chi connectivity index (χ0n) is 15.6. The van der Waals surface area contributed by atoms with Gasteiger partial charge in [0.15, 0.2) is 5.16 Å². The van der Waals surface area contributed by atoms with Gasteiger partial charge in [0, 0.05) is 12.2 Å². The van der Waals surface area contributed by atoms with Crippen molar-refractivity contribution in [1.82, 2.24) is 14.1 Å². The fraction of sp³-hybridized carbons (Fsp3) is 0.182. The van der Waals surface area contributed by atoms with Crippen LogP contribution in [0.3, 0.4) is 0 Å². The lowest BCUT2D eigenvalue weighted by molar-refractivity contribution is 0.772. The van der Waals surface area contributed by atoms with Crippen molar-refractivity contribution in [3.63, 3.8) is 0 Å². The lowest BCUT2D eigenvalue weighted by Crippen LogP contribution is -2.23. The molecule has 5 heteroatoms. The maximum absolute atomic E-state index is 13.5. The van der Waals surface area contributed by atoms with Gasteiger partial charge in [-0.1, -0.05) is 59.8 Å². The number of thioether (sulfide) groups is 1. The van der Waals surface area contributed by atoms with E-state index < -0.39 is 0 Å². The summed E-state index contributed by atoms with van der Waals surface area (Å²) in [7, 11) is 0. The van der Waals surface area contributed by atoms with E-state index in [2.05, 4.69) is 16.7 Å². The first kappa shape index (κ1) is 17.6. The molecule has 0 aliphatic heterocycles. The molecule has 0 saturated carbocycles. The van der Waals surface area contributed by atoms with E-state index >= 15 is 0 Å². The second-order valence-electron chi connectivity index (χ2n) is 6.67. The van der Waals surface area contributed by atoms with E-state index in [4.69, 9.17) is 4.98 Å². The topological polar surface area (TPSA) is 39.8 Å². The van der Waals surface area contributed by atoms with Crippen molar-refractivity contribution in [2.24, 2.45) is 0 Å². The summed E-state index contributed by atoms with van der Waals surface area (Å²) >= 11 is 1.49. The molecule has 0 saturated heterocycles. The van der Waals surface area contributed by atoms with Crippen molar-refractivity contribution in [3.8, 4) is 5.69 Å². The third-order valence-electron chi connectivity index (χ3n) is 4.76. The third kappa shape index (κ3) is 3.19. The number of nitrogens with zero attached hydrogens (tertiary/aromatic N) is 3. The zero-order chi connectivity index (χ0) is 19.0. The highest BCUT2D eigenvalue weighted by atomic mass is 32.2. The SMILES string of the molecule is CSc1nc2cc(C)n(Cc3ccccc3)c2c(=O)n1-c1ccc(C)cc1. The Hall–Kier alpha value is -2.79. The minimum atomic E-state index is -0.0303. The molecular weight excluding hydrogens is 354 g/mol. The van der Waals surface area contributed by atoms with Crippen LogP contribution in [-0.2, 0) is 6.54 Å². The van der Waals surface area contributed by atoms with E-state index in [1.807, 2.05) is 68.6 Å². The average Bonchev–Trinajstić information content (AvgIpc) is 2.99. The highest BCUT2D eigenvalue weighted by Crippen LogP contribution is 2.22. The molecule has 4 nitrogen and oxygen atoms in total. The van der Waals surface area contributed by atoms with Crippen LogP contribution in [0.15, 0.2) is 70.6 Å². The Morgan fingerprint density at radius 3 is 2.37 bits per heavy atom. The molecule has 0 aliphatic carbocycles. The lowest BCUT2D eigenvalue weighted by Gasteiger charge is -2.13. The molecule has 0 N–H and O–H groups in total. The second-order valence-corrected chi connectivity index (χ2v) is 7.44. The van der Waals surface area contributed by atoms with E-state index in [-0.39, 0.29) is 5.56 Å². The minimum Gasteiger partial charge on any atom is -0.335 e. The molecule has 4 aromatic rings. The van der Waals surface area contributed by atoms with E-state index in [9.17, 15) is 4.79 Å². The Morgan fingerprint density at radius 1 is 1.00 bits per heavy atom. The maximum Gasteiger partial charge on any atom is 0.283 e. The van der Waals surface area contributed by atoms with Gasteiger partial charge in [-0.05, 0) is 43.9 Å². The molecule has 0 fully saturated rings. The summed E-state index contributed by atoms with van der Waals surface area (Å²) in [6, 6.07) is 20.2. The monoisotopic (exact) mass is 375 g/mol. The molecule has 2 aromatic heterocycles. The highest BCUT2D eigenvalue weighted by molar-refractivity contribution is 7.98. The Morgan fingerprint density at radius 2 is 1.70 bits per heavy atom. The Kier molecular flexibility index (Phi) is 4.62. The highest BCUT2D eigenvalue weighted by Gasteiger charge is 2.17. The molecule has 2 aromatic carbocycles. The van der Waals surface area contributed by atoms with Crippen LogP contribution in [0.25, 0.3) is 16.7 Å². The number of hydrogen-bond donors (Lipinski definition) is 0. The van der Waals surface area contributed by atoms with Crippen LogP contribution in [0, 0.1) is 13.8 Å². The first-order valence-corrected chi connectivity index (χ1v) is 10.1. The average molecular weight is 375 g/mol. The molecule has 4 rings (SSSR count). The molecular formula is C22H21N3OS. The number of fused-ring (bicyclic) bond motifs is 1. The Bertz CT molecular complexity index is 1160. The van der Waals surface area contributed by atoms with E-state index in [1.54, 1.807) is 4.57 Å². The van der Waals surface area contributed by atoms with Gasteiger partial charge in [0.1, 0.15) is 5.52 Å². The van der Waals surface area contributed by atoms with Gasteiger partial charge in [-0.2, -0.15) is 0 Å². The van der Waals surface area contributed by atoms with Crippen LogP contribution in [0.5, 0.6) is 0 Å². The predicted molar refractivity (Wildman–Crippen MR) is 112 cm³/mol. The van der Waals surface area contributed by atoms with Gasteiger partial charge in [-0.3, -0.25) is 9.36 Å². The quantitative estimate of drug-likeness (QED) is 0.387. The summed E-state index contributed by atoms with van der Waals surface area (Å²) in [5, 5.41) is 0.702. The Balaban J connectivity index is 1.96. The largest absolute Gasteiger partial charge is 0.335 e. The molecule has 0 spiro atoms. The van der Waals surface area contributed by atoms with Crippen molar-refractivity contribution in [3.05, 3.63) is 87.8 Å². The van der Waals surface area contributed by atoms with Gasteiger partial charge in [-0.15, -0.1) is 0 Å². The molecule has 0 bridgehead atoms. The number of aryl methyl sites for hydroxylation is 2. The van der Waals surface area contributed by atoms with Crippen LogP contribution < -0.4 is 5.56 Å². The molecule has 0 unspecified atom stereocenters. The van der Waals surface area contributed by atoms with Crippen molar-refractivity contribution in [2.75, 3.05) is 6.26 Å². The van der Waals surface area contributed by atoms with Crippen LogP contribution in [-0.4, -0.2) is 20.4 Å². The van der Waals surface area contributed by atoms with Gasteiger partial charge >= 0.3 is 0 Å². The first-order chi connectivity index (χ1) is 13.1. The smallest absolute Gasteiger partial charge is 0.283 e. The summed E-state index contributed by atoms with van der Waals surface area (Å²) in [6.45, 7) is 4.72. The Labute approximate surface area is 162 Å². The van der Waals surface area contributed by atoms with E-state index in [0.29, 0.717) is 17.2 Å². The van der Waals surface area contributed by atoms with Crippen LogP contribution in [0.2, 0.25) is 0 Å². The van der Waals surface area contributed by atoms with Crippen LogP contribution in [0.1, 0.15) is 16.8 Å². The molecule has 0 amide bonds. The summed E-state index contributed by atoms with van der Waals surface area (Å²) in [5.74, 6) is 0. The summed E-state index contributed by atoms with van der Waals surface area (Å²) < 4.78 is 3.78. The normalized spacial score (nSPS) is 11.2. The zero-order valence-corrected chi connectivity index (χ0v) is 16.5. The van der Waals surface area contributed by atoms with Gasteiger partial charge < -0.3 is 4.57 Å². The van der Waals surface area contributed by atoms with Crippen molar-refractivity contribution in [2.45, 2.75) is 25.5 Å². The van der Waals surface area contributed by atoms with Gasteiger partial charge in [-0.25, -0.2) is 4.98 Å². The number of benzene rings is 2. The minimum absolute atomic E-state index is 0.0303. The fourth-order valence-electron chi connectivity index (χ4n) is 3.34. The standard InChI is InChI=1S/C22H21N3OS/c1-15-9-11-18(12-10-15)25-21(26)20-19(23-22(25)27-3)13-16(2)24(20)14-17-7-5-4-6-8-17/h4-13H,14H2,1-3H3. The maximum atomic E-state index is 13.5. The molecule has 27 heavy (non-hydrogen) atoms. The molecule has 2 heterocycles. The predicted octanol–water partition coefficient (Wildman–Crippen LogP) is 4.57. The second kappa shape index (κ2) is 7.08. The number of aromatic nitrogens is 3. The summed E-state index contributed by atoms with van der Waals surface area (Å²) in [5.41, 5.74) is 5.57. The molecule has 0 aliphatic rings. The van der Waals surface area contributed by atoms with E-state index in [1.165, 1.54) is 11.8 Å². The van der Waals surface area contributed by atoms with Crippen LogP contribution >= 0.6 is 11.8 Å². The first-order valence-electron chi connectivity index (χ1n) is 8.86. The molecule has 136 valence electrons. The molecule has 0 atom stereocenters. The van der Waals surface area contributed by atoms with Crippen molar-refractivity contribution in [1.29, 1.82) is 0 Å². The van der Waals surface area contributed by atoms with Crippen molar-refractivity contribution >= 4 is 22.8 Å². The van der Waals surface area contributed by atoms with Gasteiger partial charge in [0.05, 0.1) is 11.2 Å². The molecule has 0 radical (unpaired) electrons. The summed E-state index contributed by atoms with van der Waals surface area (Å²) in [4.78, 5) is 18.3. The van der Waals surface area contributed by atoms with E-state index in [0.717, 1.165) is 28.0 Å². The number of rotatable bonds is 4. The summed E-state index contributed by atoms with van der Waals surface area (Å²) in [6.07, 6.45) is 1.95. The van der Waals surface area contributed by atoms with Crippen LogP contribution in [0.4, 0.5) is 0 Å². The third-order valence-corrected chi connectivity index (χ3v) is 5.39. The fourth-order valence-corrected chi connectivity index (χ4v) is 3.90. The lowest BCUT2D eigenvalue weighted by atomic mass is 10.2. The van der Waals surface area contributed by atoms with Gasteiger partial charge in [0.2, 0.25) is 0 Å².